The summed E-state index contributed by atoms with van der Waals surface area (Å²) < 4.78 is 42.0. The molecule has 0 aromatic heterocycles. The maximum Gasteiger partial charge on any atom is 0.394 e. The molecule has 4 nitrogen and oxygen atoms in total. The molecule has 0 fully saturated rings. The zero-order chi connectivity index (χ0) is 13.5. The highest BCUT2D eigenvalue weighted by Crippen LogP contribution is 2.26. The summed E-state index contributed by atoms with van der Waals surface area (Å²) in [6.07, 6.45) is -3.68. The summed E-state index contributed by atoms with van der Waals surface area (Å²) in [7, 11) is 1.20. The third-order valence-electron chi connectivity index (χ3n) is 2.35. The Bertz CT molecular complexity index is 234. The zero-order valence-electron chi connectivity index (χ0n) is 10.1. The number of nitrogens with two attached hydrogens (primary N) is 1. The van der Waals surface area contributed by atoms with Crippen molar-refractivity contribution in [2.45, 2.75) is 19.5 Å². The minimum atomic E-state index is -4.34. The lowest BCUT2D eigenvalue weighted by Crippen LogP contribution is -2.43. The number of alkyl halides is 3. The van der Waals surface area contributed by atoms with Crippen molar-refractivity contribution in [3.63, 3.8) is 0 Å². The third kappa shape index (κ3) is 6.48. The fraction of sp³-hybridized carbons (Fsp3) is 0.900. The Morgan fingerprint density at radius 2 is 2.06 bits per heavy atom. The second-order valence-corrected chi connectivity index (χ2v) is 3.79. The van der Waals surface area contributed by atoms with Gasteiger partial charge in [0.2, 0.25) is 0 Å². The van der Waals surface area contributed by atoms with Crippen molar-refractivity contribution in [1.82, 2.24) is 4.90 Å². The number of methoxy groups -OCH3 is 1. The lowest BCUT2D eigenvalue weighted by atomic mass is 10.1. The lowest BCUT2D eigenvalue weighted by Gasteiger charge is -2.26. The van der Waals surface area contributed by atoms with Gasteiger partial charge < -0.3 is 10.5 Å². The van der Waals surface area contributed by atoms with Gasteiger partial charge in [-0.05, 0) is 13.0 Å². The van der Waals surface area contributed by atoms with Crippen molar-refractivity contribution in [2.24, 2.45) is 11.7 Å². The van der Waals surface area contributed by atoms with Gasteiger partial charge >= 0.3 is 12.1 Å². The van der Waals surface area contributed by atoms with Gasteiger partial charge in [-0.25, -0.2) is 0 Å². The van der Waals surface area contributed by atoms with Crippen molar-refractivity contribution in [1.29, 1.82) is 0 Å². The molecule has 1 atom stereocenters. The van der Waals surface area contributed by atoms with Crippen molar-refractivity contribution in [2.75, 3.05) is 33.3 Å². The second kappa shape index (κ2) is 7.50. The lowest BCUT2D eigenvalue weighted by molar-refractivity contribution is -0.177. The number of rotatable bonds is 7. The van der Waals surface area contributed by atoms with Crippen LogP contribution in [0.15, 0.2) is 0 Å². The van der Waals surface area contributed by atoms with Gasteiger partial charge in [0, 0.05) is 13.1 Å². The van der Waals surface area contributed by atoms with Crippen molar-refractivity contribution < 1.29 is 22.7 Å². The highest BCUT2D eigenvalue weighted by atomic mass is 19.4. The van der Waals surface area contributed by atoms with Gasteiger partial charge in [-0.3, -0.25) is 9.69 Å². The van der Waals surface area contributed by atoms with Gasteiger partial charge in [-0.15, -0.1) is 0 Å². The average Bonchev–Trinajstić information content (AvgIpc) is 2.23. The minimum absolute atomic E-state index is 0.142. The van der Waals surface area contributed by atoms with E-state index in [1.54, 1.807) is 0 Å². The fourth-order valence-corrected chi connectivity index (χ4v) is 1.42. The van der Waals surface area contributed by atoms with E-state index >= 15 is 0 Å². The van der Waals surface area contributed by atoms with E-state index in [-0.39, 0.29) is 13.1 Å². The SMILES string of the molecule is CCCN(CC(=O)OC)CC(CN)C(F)(F)F. The van der Waals surface area contributed by atoms with Crippen molar-refractivity contribution in [3.8, 4) is 0 Å². The molecule has 0 saturated heterocycles. The van der Waals surface area contributed by atoms with E-state index < -0.39 is 24.6 Å². The predicted molar refractivity (Wildman–Crippen MR) is 57.3 cm³/mol. The molecule has 0 rings (SSSR count). The van der Waals surface area contributed by atoms with Crippen molar-refractivity contribution in [3.05, 3.63) is 0 Å². The van der Waals surface area contributed by atoms with Crippen LogP contribution < -0.4 is 5.73 Å². The van der Waals surface area contributed by atoms with Gasteiger partial charge in [-0.1, -0.05) is 6.92 Å². The molecule has 0 aromatic rings. The van der Waals surface area contributed by atoms with E-state index in [9.17, 15) is 18.0 Å². The van der Waals surface area contributed by atoms with Crippen LogP contribution in [0.5, 0.6) is 0 Å². The molecule has 17 heavy (non-hydrogen) atoms. The number of hydrogen-bond acceptors (Lipinski definition) is 4. The summed E-state index contributed by atoms with van der Waals surface area (Å²) in [5.41, 5.74) is 5.10. The molecule has 0 aliphatic carbocycles. The topological polar surface area (TPSA) is 55.6 Å². The maximum absolute atomic E-state index is 12.5. The van der Waals surface area contributed by atoms with Crippen LogP contribution >= 0.6 is 0 Å². The molecule has 2 N–H and O–H groups in total. The smallest absolute Gasteiger partial charge is 0.394 e. The van der Waals surface area contributed by atoms with Gasteiger partial charge in [0.05, 0.1) is 19.6 Å². The highest BCUT2D eigenvalue weighted by Gasteiger charge is 2.39. The van der Waals surface area contributed by atoms with Crippen LogP contribution in [0.4, 0.5) is 13.2 Å². The Hall–Kier alpha value is -0.820. The van der Waals surface area contributed by atoms with E-state index in [1.807, 2.05) is 6.92 Å². The number of carbonyl (C=O) groups is 1. The number of halogens is 3. The Kier molecular flexibility index (Phi) is 7.13. The Morgan fingerprint density at radius 3 is 2.41 bits per heavy atom. The number of carbonyl (C=O) groups excluding carboxylic acids is 1. The predicted octanol–water partition coefficient (Wildman–Crippen LogP) is 1.01. The summed E-state index contributed by atoms with van der Waals surface area (Å²) in [6, 6.07) is 0. The van der Waals surface area contributed by atoms with Gasteiger partial charge in [0.15, 0.2) is 0 Å². The monoisotopic (exact) mass is 256 g/mol. The Balaban J connectivity index is 4.45. The Morgan fingerprint density at radius 1 is 1.47 bits per heavy atom. The molecule has 0 saturated carbocycles. The summed E-state index contributed by atoms with van der Waals surface area (Å²) in [4.78, 5) is 12.5. The second-order valence-electron chi connectivity index (χ2n) is 3.79. The fourth-order valence-electron chi connectivity index (χ4n) is 1.42. The number of hydrogen-bond donors (Lipinski definition) is 1. The molecule has 0 aromatic carbocycles. The average molecular weight is 256 g/mol. The van der Waals surface area contributed by atoms with Crippen LogP contribution in [0.1, 0.15) is 13.3 Å². The molecule has 1 unspecified atom stereocenters. The molecule has 0 spiro atoms. The standard InChI is InChI=1S/C10H19F3N2O2/c1-3-4-15(7-9(16)17-2)6-8(5-14)10(11,12)13/h8H,3-7,14H2,1-2H3. The van der Waals surface area contributed by atoms with Crippen LogP contribution in [0.3, 0.4) is 0 Å². The number of esters is 1. The summed E-state index contributed by atoms with van der Waals surface area (Å²) >= 11 is 0. The zero-order valence-corrected chi connectivity index (χ0v) is 10.1. The van der Waals surface area contributed by atoms with Gasteiger partial charge in [0.25, 0.3) is 0 Å². The van der Waals surface area contributed by atoms with Crippen LogP contribution in [0.25, 0.3) is 0 Å². The molecular weight excluding hydrogens is 237 g/mol. The van der Waals surface area contributed by atoms with E-state index in [0.717, 1.165) is 0 Å². The van der Waals surface area contributed by atoms with E-state index in [2.05, 4.69) is 4.74 Å². The molecule has 0 heterocycles. The third-order valence-corrected chi connectivity index (χ3v) is 2.35. The normalized spacial score (nSPS) is 13.8. The van der Waals surface area contributed by atoms with E-state index in [1.165, 1.54) is 12.0 Å². The minimum Gasteiger partial charge on any atom is -0.468 e. The van der Waals surface area contributed by atoms with Crippen LogP contribution in [0.2, 0.25) is 0 Å². The maximum atomic E-state index is 12.5. The summed E-state index contributed by atoms with van der Waals surface area (Å²) in [5, 5.41) is 0. The largest absolute Gasteiger partial charge is 0.468 e. The first-order valence-corrected chi connectivity index (χ1v) is 5.41. The molecule has 0 aliphatic heterocycles. The van der Waals surface area contributed by atoms with E-state index in [4.69, 9.17) is 5.73 Å². The van der Waals surface area contributed by atoms with Gasteiger partial charge in [0.1, 0.15) is 0 Å². The molecule has 0 radical (unpaired) electrons. The van der Waals surface area contributed by atoms with Crippen LogP contribution in [-0.4, -0.2) is 50.3 Å². The first kappa shape index (κ1) is 16.2. The highest BCUT2D eigenvalue weighted by molar-refractivity contribution is 5.71. The van der Waals surface area contributed by atoms with Crippen LogP contribution in [0, 0.1) is 5.92 Å². The molecule has 0 amide bonds. The summed E-state index contributed by atoms with van der Waals surface area (Å²) in [5.74, 6) is -2.16. The quantitative estimate of drug-likeness (QED) is 0.691. The molecule has 7 heteroatoms. The number of nitrogens with zero attached hydrogens (tertiary/aromatic N) is 1. The molecule has 0 aliphatic rings. The van der Waals surface area contributed by atoms with Crippen molar-refractivity contribution >= 4 is 5.97 Å². The Labute approximate surface area is 98.9 Å². The number of ether oxygens (including phenoxy) is 1. The molecule has 102 valence electrons. The first-order chi connectivity index (χ1) is 7.85. The summed E-state index contributed by atoms with van der Waals surface area (Å²) in [6.45, 7) is 1.34. The molecule has 0 bridgehead atoms. The first-order valence-electron chi connectivity index (χ1n) is 5.41. The van der Waals surface area contributed by atoms with Gasteiger partial charge in [-0.2, -0.15) is 13.2 Å². The van der Waals surface area contributed by atoms with Crippen LogP contribution in [-0.2, 0) is 9.53 Å². The molecular formula is C10H19F3N2O2. The van der Waals surface area contributed by atoms with E-state index in [0.29, 0.717) is 13.0 Å².